The van der Waals surface area contributed by atoms with Gasteiger partial charge in [0.15, 0.2) is 8.24 Å². The van der Waals surface area contributed by atoms with Crippen molar-refractivity contribution in [3.8, 4) is 0 Å². The predicted molar refractivity (Wildman–Crippen MR) is 135 cm³/mol. The molecular formula is C24H38N2O2Si2. The van der Waals surface area contributed by atoms with E-state index < -0.39 is 22.4 Å². The molecule has 0 amide bonds. The van der Waals surface area contributed by atoms with Gasteiger partial charge in [-0.3, -0.25) is 0 Å². The van der Waals surface area contributed by atoms with Gasteiger partial charge in [0.25, 0.3) is 0 Å². The lowest BCUT2D eigenvalue weighted by molar-refractivity contribution is 0.0696. The molecule has 0 aliphatic heterocycles. The molecule has 1 aromatic rings. The van der Waals surface area contributed by atoms with Crippen LogP contribution in [0.25, 0.3) is 5.57 Å². The van der Waals surface area contributed by atoms with Crippen molar-refractivity contribution in [2.45, 2.75) is 73.9 Å². The van der Waals surface area contributed by atoms with E-state index in [0.29, 0.717) is 11.1 Å². The first-order valence-corrected chi connectivity index (χ1v) is 17.6. The van der Waals surface area contributed by atoms with E-state index >= 15 is 0 Å². The number of benzene rings is 1. The second-order valence-corrected chi connectivity index (χ2v) is 20.2. The summed E-state index contributed by atoms with van der Waals surface area (Å²) < 4.78 is 5.05. The van der Waals surface area contributed by atoms with Gasteiger partial charge in [0.2, 0.25) is 0 Å². The number of aromatic carboxylic acids is 1. The van der Waals surface area contributed by atoms with E-state index in [1.807, 2.05) is 18.2 Å². The molecule has 1 aromatic carbocycles. The van der Waals surface area contributed by atoms with Gasteiger partial charge in [0, 0.05) is 11.0 Å². The van der Waals surface area contributed by atoms with Gasteiger partial charge in [-0.25, -0.2) is 4.79 Å². The average molecular weight is 443 g/mol. The maximum absolute atomic E-state index is 12.6. The Balaban J connectivity index is 2.86. The summed E-state index contributed by atoms with van der Waals surface area (Å²) in [6.45, 7) is 23.9. The Morgan fingerprint density at radius 3 is 1.97 bits per heavy atom. The van der Waals surface area contributed by atoms with E-state index in [-0.39, 0.29) is 5.41 Å². The maximum atomic E-state index is 12.6. The number of nitrogens with zero attached hydrogens (tertiary/aromatic N) is 1. The highest BCUT2D eigenvalue weighted by molar-refractivity contribution is 6.78. The maximum Gasteiger partial charge on any atom is 0.337 e. The van der Waals surface area contributed by atoms with E-state index in [1.165, 1.54) is 16.7 Å². The molecule has 2 N–H and O–H groups in total. The monoisotopic (exact) mass is 442 g/mol. The molecule has 0 fully saturated rings. The second kappa shape index (κ2) is 7.96. The minimum Gasteiger partial charge on any atom is -0.478 e. The summed E-state index contributed by atoms with van der Waals surface area (Å²) in [5, 5.41) is 10.3. The van der Waals surface area contributed by atoms with Crippen LogP contribution in [0, 0.1) is 5.41 Å². The summed E-state index contributed by atoms with van der Waals surface area (Å²) in [5.74, 6) is -0.164. The van der Waals surface area contributed by atoms with Crippen molar-refractivity contribution in [1.82, 2.24) is 4.98 Å². The van der Waals surface area contributed by atoms with Gasteiger partial charge in [0.1, 0.15) is 14.1 Å². The number of allylic oxidation sites excluding steroid dienone is 4. The molecule has 4 nitrogen and oxygen atoms in total. The Morgan fingerprint density at radius 1 is 1.00 bits per heavy atom. The van der Waals surface area contributed by atoms with Gasteiger partial charge in [-0.15, -0.1) is 0 Å². The number of carboxylic acids is 1. The number of amidine groups is 1. The SMILES string of the molecule is CC1=C(C)C(C)(C)C(c2cccc(C(=N[Si](C)(C)C)N[Si](C)(C)C)c2C(=O)O)=C1C. The van der Waals surface area contributed by atoms with Crippen LogP contribution in [0.1, 0.15) is 56.1 Å². The fourth-order valence-corrected chi connectivity index (χ4v) is 6.03. The number of hydrogen-bond donors (Lipinski definition) is 2. The first-order valence-electron chi connectivity index (χ1n) is 10.6. The molecule has 164 valence electrons. The van der Waals surface area contributed by atoms with E-state index in [0.717, 1.165) is 17.0 Å². The minimum atomic E-state index is -1.84. The van der Waals surface area contributed by atoms with Crippen molar-refractivity contribution >= 4 is 33.8 Å². The molecule has 30 heavy (non-hydrogen) atoms. The van der Waals surface area contributed by atoms with Crippen LogP contribution in [0.4, 0.5) is 0 Å². The van der Waals surface area contributed by atoms with Crippen molar-refractivity contribution in [2.24, 2.45) is 10.1 Å². The van der Waals surface area contributed by atoms with Crippen molar-refractivity contribution < 1.29 is 9.90 Å². The quantitative estimate of drug-likeness (QED) is 0.309. The first kappa shape index (κ1) is 24.3. The molecule has 0 unspecified atom stereocenters. The van der Waals surface area contributed by atoms with Crippen molar-refractivity contribution in [1.29, 1.82) is 0 Å². The standard InChI is InChI=1S/C24H38N2O2Si2/c1-15-16(2)21(24(4,5)17(15)3)18-13-12-14-19(20(18)23(27)28)22(25-29(6,7)8)26-30(9,10)11/h12-14H,1-11H3,(H,25,26)(H,27,28). The fraction of sp³-hybridized carbons (Fsp3) is 0.500. The van der Waals surface area contributed by atoms with Gasteiger partial charge in [-0.05, 0) is 62.7 Å². The zero-order valence-electron chi connectivity index (χ0n) is 20.5. The van der Waals surface area contributed by atoms with E-state index in [9.17, 15) is 9.90 Å². The second-order valence-electron chi connectivity index (χ2n) is 10.9. The highest BCUT2D eigenvalue weighted by Crippen LogP contribution is 2.51. The van der Waals surface area contributed by atoms with E-state index in [4.69, 9.17) is 4.66 Å². The smallest absolute Gasteiger partial charge is 0.337 e. The summed E-state index contributed by atoms with van der Waals surface area (Å²) in [6, 6.07) is 5.84. The van der Waals surface area contributed by atoms with Crippen molar-refractivity contribution in [3.63, 3.8) is 0 Å². The van der Waals surface area contributed by atoms with Crippen LogP contribution < -0.4 is 4.98 Å². The van der Waals surface area contributed by atoms with Gasteiger partial charge in [-0.2, -0.15) is 0 Å². The molecule has 1 aliphatic rings. The summed E-state index contributed by atoms with van der Waals surface area (Å²) in [5.41, 5.74) is 6.49. The molecule has 0 aromatic heterocycles. The number of nitrogens with one attached hydrogen (secondary N) is 1. The van der Waals surface area contributed by atoms with E-state index in [2.05, 4.69) is 78.9 Å². The lowest BCUT2D eigenvalue weighted by Crippen LogP contribution is -2.47. The number of carbonyl (C=O) groups is 1. The van der Waals surface area contributed by atoms with Gasteiger partial charge in [-0.1, -0.05) is 57.3 Å². The minimum absolute atomic E-state index is 0.209. The zero-order valence-corrected chi connectivity index (χ0v) is 22.5. The summed E-state index contributed by atoms with van der Waals surface area (Å²) in [4.78, 5) is 16.2. The fourth-order valence-electron chi connectivity index (χ4n) is 4.17. The molecular weight excluding hydrogens is 404 g/mol. The third-order valence-electron chi connectivity index (χ3n) is 5.81. The summed E-state index contributed by atoms with van der Waals surface area (Å²) >= 11 is 0. The van der Waals surface area contributed by atoms with Crippen LogP contribution in [-0.4, -0.2) is 33.4 Å². The molecule has 0 atom stereocenters. The highest BCUT2D eigenvalue weighted by atomic mass is 28.3. The largest absolute Gasteiger partial charge is 0.478 e. The van der Waals surface area contributed by atoms with Crippen LogP contribution in [0.15, 0.2) is 39.6 Å². The zero-order chi connectivity index (χ0) is 23.2. The molecule has 0 saturated carbocycles. The van der Waals surface area contributed by atoms with Crippen LogP contribution in [-0.2, 0) is 0 Å². The van der Waals surface area contributed by atoms with Gasteiger partial charge in [0.05, 0.1) is 5.56 Å². The molecule has 6 heteroatoms. The van der Waals surface area contributed by atoms with Gasteiger partial charge < -0.3 is 14.7 Å². The third-order valence-corrected chi connectivity index (χ3v) is 7.69. The molecule has 0 radical (unpaired) electrons. The summed E-state index contributed by atoms with van der Waals surface area (Å²) in [6.07, 6.45) is 0. The lowest BCUT2D eigenvalue weighted by atomic mass is 9.76. The number of carboxylic acid groups (broad SMARTS) is 1. The molecule has 1 aliphatic carbocycles. The molecule has 0 spiro atoms. The third kappa shape index (κ3) is 4.86. The Labute approximate surface area is 184 Å². The van der Waals surface area contributed by atoms with Gasteiger partial charge >= 0.3 is 5.97 Å². The van der Waals surface area contributed by atoms with Crippen molar-refractivity contribution in [3.05, 3.63) is 51.6 Å². The Hall–Kier alpha value is -1.93. The first-order chi connectivity index (χ1) is 13.5. The number of rotatable bonds is 5. The van der Waals surface area contributed by atoms with Crippen LogP contribution in [0.2, 0.25) is 39.3 Å². The number of hydrogen-bond acceptors (Lipinski definition) is 2. The molecule has 0 bridgehead atoms. The van der Waals surface area contributed by atoms with Crippen LogP contribution >= 0.6 is 0 Å². The lowest BCUT2D eigenvalue weighted by Gasteiger charge is -2.29. The topological polar surface area (TPSA) is 61.7 Å². The highest BCUT2D eigenvalue weighted by Gasteiger charge is 2.38. The Kier molecular flexibility index (Phi) is 6.46. The average Bonchev–Trinajstić information content (AvgIpc) is 2.70. The van der Waals surface area contributed by atoms with Crippen LogP contribution in [0.3, 0.4) is 0 Å². The predicted octanol–water partition coefficient (Wildman–Crippen LogP) is 6.54. The normalized spacial score (nSPS) is 17.6. The van der Waals surface area contributed by atoms with Crippen molar-refractivity contribution in [2.75, 3.05) is 0 Å². The van der Waals surface area contributed by atoms with Crippen LogP contribution in [0.5, 0.6) is 0 Å². The van der Waals surface area contributed by atoms with E-state index in [1.54, 1.807) is 0 Å². The Bertz CT molecular complexity index is 972. The Morgan fingerprint density at radius 2 is 1.57 bits per heavy atom. The molecule has 2 rings (SSSR count). The molecule has 0 heterocycles. The summed E-state index contributed by atoms with van der Waals surface area (Å²) in [7, 11) is -3.58. The molecule has 0 saturated heterocycles.